The zero-order chi connectivity index (χ0) is 16.8. The number of ether oxygens (including phenoxy) is 1. The molecule has 2 bridgehead atoms. The number of nitrogens with one attached hydrogen (secondary N) is 1. The molecule has 23 heavy (non-hydrogen) atoms. The van der Waals surface area contributed by atoms with E-state index >= 15 is 0 Å². The minimum atomic E-state index is -0.470. The molecule has 0 heterocycles. The van der Waals surface area contributed by atoms with Gasteiger partial charge >= 0.3 is 0 Å². The molecule has 0 aromatic heterocycles. The summed E-state index contributed by atoms with van der Waals surface area (Å²) < 4.78 is 5.82. The van der Waals surface area contributed by atoms with Crippen LogP contribution in [0.1, 0.15) is 52.5 Å². The van der Waals surface area contributed by atoms with E-state index in [1.54, 1.807) is 0 Å². The van der Waals surface area contributed by atoms with Crippen LogP contribution in [0.3, 0.4) is 0 Å². The summed E-state index contributed by atoms with van der Waals surface area (Å²) in [6, 6.07) is 8.11. The van der Waals surface area contributed by atoms with Gasteiger partial charge in [-0.1, -0.05) is 32.9 Å². The third-order valence-corrected chi connectivity index (χ3v) is 6.78. The van der Waals surface area contributed by atoms with E-state index in [-0.39, 0.29) is 17.4 Å². The third-order valence-electron chi connectivity index (χ3n) is 6.78. The van der Waals surface area contributed by atoms with Gasteiger partial charge in [-0.3, -0.25) is 4.79 Å². The molecule has 0 spiro atoms. The Morgan fingerprint density at radius 2 is 2.09 bits per heavy atom. The Hall–Kier alpha value is -1.51. The highest BCUT2D eigenvalue weighted by atomic mass is 16.5. The summed E-state index contributed by atoms with van der Waals surface area (Å²) in [5, 5.41) is 3.28. The molecule has 3 heteroatoms. The molecule has 1 N–H and O–H groups in total. The first-order chi connectivity index (χ1) is 10.7. The number of hydrogen-bond donors (Lipinski definition) is 1. The van der Waals surface area contributed by atoms with Gasteiger partial charge in [-0.15, -0.1) is 0 Å². The summed E-state index contributed by atoms with van der Waals surface area (Å²) in [6.45, 7) is 10.9. The zero-order valence-electron chi connectivity index (χ0n) is 15.0. The molecule has 1 aromatic carbocycles. The minimum Gasteiger partial charge on any atom is -0.481 e. The number of aryl methyl sites for hydroxylation is 1. The maximum absolute atomic E-state index is 12.6. The van der Waals surface area contributed by atoms with Gasteiger partial charge in [0.25, 0.3) is 5.91 Å². The SMILES string of the molecule is Cc1cccc(O[C@@H](C)C(=O)N[C@H]2C[C@H]3CC[C@@]2(C)C3(C)C)c1. The Balaban J connectivity index is 1.64. The first kappa shape index (κ1) is 16.4. The summed E-state index contributed by atoms with van der Waals surface area (Å²) in [5.41, 5.74) is 1.65. The summed E-state index contributed by atoms with van der Waals surface area (Å²) in [4.78, 5) is 12.6. The van der Waals surface area contributed by atoms with Crippen LogP contribution < -0.4 is 10.1 Å². The lowest BCUT2D eigenvalue weighted by Gasteiger charge is -2.39. The van der Waals surface area contributed by atoms with Gasteiger partial charge in [-0.05, 0) is 67.6 Å². The lowest BCUT2D eigenvalue weighted by atomic mass is 9.69. The van der Waals surface area contributed by atoms with Gasteiger partial charge in [-0.2, -0.15) is 0 Å². The summed E-state index contributed by atoms with van der Waals surface area (Å²) >= 11 is 0. The number of rotatable bonds is 4. The van der Waals surface area contributed by atoms with Gasteiger partial charge in [0.1, 0.15) is 5.75 Å². The van der Waals surface area contributed by atoms with Crippen molar-refractivity contribution in [3.8, 4) is 5.75 Å². The van der Waals surface area contributed by atoms with Crippen LogP contribution in [0.15, 0.2) is 24.3 Å². The number of amides is 1. The van der Waals surface area contributed by atoms with Crippen molar-refractivity contribution < 1.29 is 9.53 Å². The largest absolute Gasteiger partial charge is 0.481 e. The van der Waals surface area contributed by atoms with Crippen LogP contribution in [0.25, 0.3) is 0 Å². The summed E-state index contributed by atoms with van der Waals surface area (Å²) in [6.07, 6.45) is 3.14. The van der Waals surface area contributed by atoms with Crippen molar-refractivity contribution in [1.29, 1.82) is 0 Å². The van der Waals surface area contributed by atoms with Gasteiger partial charge in [0.05, 0.1) is 0 Å². The normalized spacial score (nSPS) is 32.6. The van der Waals surface area contributed by atoms with Crippen LogP contribution in [0.4, 0.5) is 0 Å². The van der Waals surface area contributed by atoms with Gasteiger partial charge in [0, 0.05) is 6.04 Å². The lowest BCUT2D eigenvalue weighted by Crippen LogP contribution is -2.50. The molecule has 126 valence electrons. The number of carbonyl (C=O) groups is 1. The zero-order valence-corrected chi connectivity index (χ0v) is 15.0. The first-order valence-corrected chi connectivity index (χ1v) is 8.78. The van der Waals surface area contributed by atoms with E-state index in [1.165, 1.54) is 12.8 Å². The molecule has 2 fully saturated rings. The van der Waals surface area contributed by atoms with E-state index in [1.807, 2.05) is 38.1 Å². The molecular weight excluding hydrogens is 286 g/mol. The van der Waals surface area contributed by atoms with Crippen molar-refractivity contribution in [2.45, 2.75) is 66.0 Å². The highest BCUT2D eigenvalue weighted by molar-refractivity contribution is 5.81. The number of carbonyl (C=O) groups excluding carboxylic acids is 1. The quantitative estimate of drug-likeness (QED) is 0.908. The van der Waals surface area contributed by atoms with Crippen LogP contribution >= 0.6 is 0 Å². The van der Waals surface area contributed by atoms with Crippen LogP contribution in [-0.4, -0.2) is 18.1 Å². The number of hydrogen-bond acceptors (Lipinski definition) is 2. The smallest absolute Gasteiger partial charge is 0.261 e. The monoisotopic (exact) mass is 315 g/mol. The second-order valence-corrected chi connectivity index (χ2v) is 8.25. The average Bonchev–Trinajstić information content (AvgIpc) is 2.80. The van der Waals surface area contributed by atoms with Gasteiger partial charge in [-0.25, -0.2) is 0 Å². The van der Waals surface area contributed by atoms with Crippen LogP contribution in [0.2, 0.25) is 0 Å². The van der Waals surface area contributed by atoms with Gasteiger partial charge < -0.3 is 10.1 Å². The molecule has 0 aliphatic heterocycles. The molecular formula is C20H29NO2. The topological polar surface area (TPSA) is 38.3 Å². The van der Waals surface area contributed by atoms with E-state index in [0.29, 0.717) is 5.41 Å². The van der Waals surface area contributed by atoms with Crippen molar-refractivity contribution in [2.75, 3.05) is 0 Å². The fourth-order valence-corrected chi connectivity index (χ4v) is 4.66. The highest BCUT2D eigenvalue weighted by Gasteiger charge is 2.61. The first-order valence-electron chi connectivity index (χ1n) is 8.78. The number of fused-ring (bicyclic) bond motifs is 2. The Morgan fingerprint density at radius 3 is 2.65 bits per heavy atom. The third kappa shape index (κ3) is 2.64. The predicted molar refractivity (Wildman–Crippen MR) is 92.4 cm³/mol. The maximum Gasteiger partial charge on any atom is 0.261 e. The van der Waals surface area contributed by atoms with Gasteiger partial charge in [0.2, 0.25) is 0 Å². The minimum absolute atomic E-state index is 0.00100. The molecule has 1 amide bonds. The fraction of sp³-hybridized carbons (Fsp3) is 0.650. The van der Waals surface area contributed by atoms with E-state index in [4.69, 9.17) is 4.74 Å². The second-order valence-electron chi connectivity index (χ2n) is 8.25. The summed E-state index contributed by atoms with van der Waals surface area (Å²) in [7, 11) is 0. The van der Waals surface area contributed by atoms with Crippen molar-refractivity contribution in [1.82, 2.24) is 5.32 Å². The summed E-state index contributed by atoms with van der Waals surface area (Å²) in [5.74, 6) is 1.49. The Morgan fingerprint density at radius 1 is 1.35 bits per heavy atom. The Bertz CT molecular complexity index is 609. The number of benzene rings is 1. The molecule has 2 saturated carbocycles. The van der Waals surface area contributed by atoms with Crippen LogP contribution in [0.5, 0.6) is 5.75 Å². The van der Waals surface area contributed by atoms with Crippen molar-refractivity contribution in [3.05, 3.63) is 29.8 Å². The Labute approximate surface area is 139 Å². The maximum atomic E-state index is 12.6. The molecule has 1 aromatic rings. The van der Waals surface area contributed by atoms with E-state index in [2.05, 4.69) is 26.1 Å². The van der Waals surface area contributed by atoms with Crippen LogP contribution in [-0.2, 0) is 4.79 Å². The molecule has 3 nitrogen and oxygen atoms in total. The molecule has 2 aliphatic rings. The second kappa shape index (κ2) is 5.54. The van der Waals surface area contributed by atoms with Gasteiger partial charge in [0.15, 0.2) is 6.10 Å². The molecule has 2 aliphatic carbocycles. The standard InChI is InChI=1S/C20H29NO2/c1-13-7-6-8-16(11-13)23-14(2)18(22)21-17-12-15-9-10-20(17,5)19(15,3)4/h6-8,11,14-15,17H,9-10,12H2,1-5H3,(H,21,22)/t14-,15+,17-,20+/m0/s1. The van der Waals surface area contributed by atoms with E-state index < -0.39 is 6.10 Å². The molecule has 0 radical (unpaired) electrons. The Kier molecular flexibility index (Phi) is 3.94. The predicted octanol–water partition coefficient (Wildman–Crippen LogP) is 4.09. The molecule has 0 unspecified atom stereocenters. The fourth-order valence-electron chi connectivity index (χ4n) is 4.66. The van der Waals surface area contributed by atoms with Crippen molar-refractivity contribution >= 4 is 5.91 Å². The highest BCUT2D eigenvalue weighted by Crippen LogP contribution is 2.65. The van der Waals surface area contributed by atoms with Crippen LogP contribution in [0, 0.1) is 23.7 Å². The van der Waals surface area contributed by atoms with Crippen molar-refractivity contribution in [3.63, 3.8) is 0 Å². The van der Waals surface area contributed by atoms with E-state index in [0.717, 1.165) is 23.7 Å². The molecule has 0 saturated heterocycles. The molecule has 3 rings (SSSR count). The molecule has 4 atom stereocenters. The average molecular weight is 315 g/mol. The van der Waals surface area contributed by atoms with Crippen molar-refractivity contribution in [2.24, 2.45) is 16.7 Å². The van der Waals surface area contributed by atoms with E-state index in [9.17, 15) is 4.79 Å². The lowest BCUT2D eigenvalue weighted by molar-refractivity contribution is -0.129.